The molecule has 6 aliphatic rings. The van der Waals surface area contributed by atoms with Gasteiger partial charge in [-0.15, -0.1) is 0 Å². The number of hydrogen-bond donors (Lipinski definition) is 0. The highest BCUT2D eigenvalue weighted by atomic mass is 31.2. The van der Waals surface area contributed by atoms with Gasteiger partial charge in [0, 0.05) is 38.0 Å². The van der Waals surface area contributed by atoms with E-state index in [0.29, 0.717) is 23.5 Å². The van der Waals surface area contributed by atoms with Crippen LogP contribution in [0.25, 0.3) is 0 Å². The number of hydrogen-bond acceptors (Lipinski definition) is 3. The molecule has 0 bridgehead atoms. The van der Waals surface area contributed by atoms with Crippen molar-refractivity contribution in [2.24, 2.45) is 28.6 Å². The number of carbonyl (C=O) groups excluding carboxylic acids is 1. The van der Waals surface area contributed by atoms with E-state index >= 15 is 0 Å². The molecule has 6 heteroatoms. The summed E-state index contributed by atoms with van der Waals surface area (Å²) in [5, 5.41) is 0. The fraction of sp³-hybridized carbons (Fsp3) is 0.870. The molecule has 5 fully saturated rings. The predicted molar refractivity (Wildman–Crippen MR) is 112 cm³/mol. The van der Waals surface area contributed by atoms with Gasteiger partial charge in [0.25, 0.3) is 0 Å². The van der Waals surface area contributed by atoms with Crippen molar-refractivity contribution in [3.63, 3.8) is 0 Å². The highest BCUT2D eigenvalue weighted by molar-refractivity contribution is 7.54. The van der Waals surface area contributed by atoms with Gasteiger partial charge in [0.1, 0.15) is 5.78 Å². The van der Waals surface area contributed by atoms with Crippen LogP contribution >= 0.6 is 7.67 Å². The molecule has 2 saturated heterocycles. The topological polar surface area (TPSA) is 49.4 Å². The third-order valence-corrected chi connectivity index (χ3v) is 12.4. The van der Waals surface area contributed by atoms with Crippen molar-refractivity contribution in [1.82, 2.24) is 9.34 Å². The zero-order valence-electron chi connectivity index (χ0n) is 17.9. The quantitative estimate of drug-likeness (QED) is 0.378. The molecule has 0 spiro atoms. The SMILES string of the molecule is C[C@]12CCC(OP(=O)(N3CC3)N3CC3)CC1=CCC1C2CC[C@]2(C)C(=O)CCC12. The van der Waals surface area contributed by atoms with Crippen LogP contribution in [0, 0.1) is 28.6 Å². The number of ketones is 1. The number of nitrogens with zero attached hydrogens (tertiary/aromatic N) is 2. The second-order valence-corrected chi connectivity index (χ2v) is 13.4. The summed E-state index contributed by atoms with van der Waals surface area (Å²) in [6.07, 6.45) is 11.0. The lowest BCUT2D eigenvalue weighted by atomic mass is 9.48. The van der Waals surface area contributed by atoms with Gasteiger partial charge in [0.15, 0.2) is 0 Å². The standard InChI is InChI=1S/C23H35N2O3P/c1-22-9-7-17(28-29(27,24-11-12-24)25-13-14-25)15-16(22)3-4-18-19-5-6-21(26)23(19,2)10-8-20(18)22/h3,17-20H,4-15H2,1-2H3/t17?,18?,19?,20?,22-,23-/m0/s1. The molecule has 6 rings (SSSR count). The molecule has 160 valence electrons. The number of allylic oxidation sites excluding steroid dienone is 1. The number of fused-ring (bicyclic) bond motifs is 5. The van der Waals surface area contributed by atoms with Crippen LogP contribution in [0.15, 0.2) is 11.6 Å². The summed E-state index contributed by atoms with van der Waals surface area (Å²) in [4.78, 5) is 12.6. The smallest absolute Gasteiger partial charge is 0.302 e. The summed E-state index contributed by atoms with van der Waals surface area (Å²) in [5.74, 6) is 2.49. The molecule has 29 heavy (non-hydrogen) atoms. The van der Waals surface area contributed by atoms with Crippen LogP contribution in [0.3, 0.4) is 0 Å². The van der Waals surface area contributed by atoms with Crippen LogP contribution in [0.1, 0.15) is 65.2 Å². The molecular weight excluding hydrogens is 383 g/mol. The zero-order chi connectivity index (χ0) is 20.0. The van der Waals surface area contributed by atoms with Gasteiger partial charge in [0.05, 0.1) is 6.10 Å². The molecule has 5 nitrogen and oxygen atoms in total. The Morgan fingerprint density at radius 1 is 1.00 bits per heavy atom. The first-order valence-corrected chi connectivity index (χ1v) is 13.4. The molecular formula is C23H35N2O3P. The lowest BCUT2D eigenvalue weighted by Gasteiger charge is -2.57. The van der Waals surface area contributed by atoms with Crippen LogP contribution in [0.2, 0.25) is 0 Å². The van der Waals surface area contributed by atoms with E-state index in [9.17, 15) is 9.36 Å². The Hall–Kier alpha value is -0.480. The Bertz CT molecular complexity index is 803. The van der Waals surface area contributed by atoms with Crippen LogP contribution in [-0.4, -0.2) is 47.4 Å². The number of carbonyl (C=O) groups is 1. The third kappa shape index (κ3) is 2.76. The van der Waals surface area contributed by atoms with Gasteiger partial charge in [-0.25, -0.2) is 9.34 Å². The van der Waals surface area contributed by atoms with Crippen LogP contribution in [-0.2, 0) is 13.9 Å². The lowest BCUT2D eigenvalue weighted by molar-refractivity contribution is -0.131. The lowest BCUT2D eigenvalue weighted by Crippen LogP contribution is -2.50. The number of rotatable bonds is 4. The average molecular weight is 419 g/mol. The predicted octanol–water partition coefficient (Wildman–Crippen LogP) is 4.64. The van der Waals surface area contributed by atoms with Crippen molar-refractivity contribution in [2.75, 3.05) is 26.2 Å². The van der Waals surface area contributed by atoms with Crippen LogP contribution < -0.4 is 0 Å². The van der Waals surface area contributed by atoms with Gasteiger partial charge in [-0.2, -0.15) is 0 Å². The fourth-order valence-corrected chi connectivity index (χ4v) is 9.97. The van der Waals surface area contributed by atoms with Gasteiger partial charge in [-0.3, -0.25) is 9.36 Å². The van der Waals surface area contributed by atoms with E-state index < -0.39 is 7.67 Å². The largest absolute Gasteiger partial charge is 0.346 e. The minimum atomic E-state index is -2.74. The van der Waals surface area contributed by atoms with E-state index in [1.165, 1.54) is 6.42 Å². The Balaban J connectivity index is 1.22. The van der Waals surface area contributed by atoms with Crippen molar-refractivity contribution in [1.29, 1.82) is 0 Å². The molecule has 6 atom stereocenters. The van der Waals surface area contributed by atoms with E-state index in [0.717, 1.165) is 71.1 Å². The highest BCUT2D eigenvalue weighted by Crippen LogP contribution is 2.66. The summed E-state index contributed by atoms with van der Waals surface area (Å²) < 4.78 is 23.9. The van der Waals surface area contributed by atoms with E-state index in [1.54, 1.807) is 5.57 Å². The maximum absolute atomic E-state index is 13.4. The van der Waals surface area contributed by atoms with E-state index in [2.05, 4.69) is 19.9 Å². The van der Waals surface area contributed by atoms with Gasteiger partial charge >= 0.3 is 7.67 Å². The summed E-state index contributed by atoms with van der Waals surface area (Å²) in [6.45, 7) is 8.42. The Morgan fingerprint density at radius 3 is 2.34 bits per heavy atom. The first kappa shape index (κ1) is 19.2. The van der Waals surface area contributed by atoms with Crippen molar-refractivity contribution in [2.45, 2.75) is 71.3 Å². The maximum Gasteiger partial charge on any atom is 0.346 e. The van der Waals surface area contributed by atoms with E-state index in [4.69, 9.17) is 4.52 Å². The first-order chi connectivity index (χ1) is 13.8. The molecule has 2 heterocycles. The number of Topliss-reactive ketones (excluding diaryl/α,β-unsaturated/α-hetero) is 1. The van der Waals surface area contributed by atoms with Gasteiger partial charge in [-0.1, -0.05) is 25.5 Å². The Kier molecular flexibility index (Phi) is 4.16. The average Bonchev–Trinajstić information content (AvgIpc) is 3.59. The van der Waals surface area contributed by atoms with Crippen LogP contribution in [0.5, 0.6) is 0 Å². The van der Waals surface area contributed by atoms with Crippen molar-refractivity contribution in [3.8, 4) is 0 Å². The molecule has 2 aliphatic heterocycles. The molecule has 0 aromatic heterocycles. The van der Waals surface area contributed by atoms with Crippen molar-refractivity contribution < 1.29 is 13.9 Å². The molecule has 0 aromatic rings. The minimum absolute atomic E-state index is 0.0484. The molecule has 0 N–H and O–H groups in total. The molecule has 0 amide bonds. The summed E-state index contributed by atoms with van der Waals surface area (Å²) in [6, 6.07) is 0. The Morgan fingerprint density at radius 2 is 1.66 bits per heavy atom. The van der Waals surface area contributed by atoms with E-state index in [1.807, 2.05) is 9.34 Å². The fourth-order valence-electron chi connectivity index (χ4n) is 7.59. The third-order valence-electron chi connectivity index (χ3n) is 9.62. The monoisotopic (exact) mass is 418 g/mol. The second kappa shape index (κ2) is 6.28. The summed E-state index contributed by atoms with van der Waals surface area (Å²) in [5.41, 5.74) is 1.76. The van der Waals surface area contributed by atoms with Crippen LogP contribution in [0.4, 0.5) is 0 Å². The van der Waals surface area contributed by atoms with Crippen molar-refractivity contribution in [3.05, 3.63) is 11.6 Å². The maximum atomic E-state index is 13.4. The molecule has 0 aromatic carbocycles. The van der Waals surface area contributed by atoms with Gasteiger partial charge in [-0.05, 0) is 68.1 Å². The molecule has 3 saturated carbocycles. The normalized spacial score (nSPS) is 47.2. The molecule has 4 aliphatic carbocycles. The Labute approximate surface area is 174 Å². The highest BCUT2D eigenvalue weighted by Gasteiger charge is 2.59. The van der Waals surface area contributed by atoms with E-state index in [-0.39, 0.29) is 16.9 Å². The second-order valence-electron chi connectivity index (χ2n) is 11.0. The first-order valence-electron chi connectivity index (χ1n) is 11.9. The van der Waals surface area contributed by atoms with Gasteiger partial charge < -0.3 is 4.52 Å². The minimum Gasteiger partial charge on any atom is -0.302 e. The van der Waals surface area contributed by atoms with Crippen molar-refractivity contribution >= 4 is 13.5 Å². The summed E-state index contributed by atoms with van der Waals surface area (Å²) in [7, 11) is -2.74. The van der Waals surface area contributed by atoms with Gasteiger partial charge in [0.2, 0.25) is 0 Å². The zero-order valence-corrected chi connectivity index (χ0v) is 18.8. The molecule has 4 unspecified atom stereocenters. The molecule has 0 radical (unpaired) electrons. The summed E-state index contributed by atoms with van der Waals surface area (Å²) >= 11 is 0.